The van der Waals surface area contributed by atoms with Crippen molar-refractivity contribution in [2.75, 3.05) is 18.0 Å². The summed E-state index contributed by atoms with van der Waals surface area (Å²) in [6, 6.07) is 9.96. The fraction of sp³-hybridized carbons (Fsp3) is 0.400. The first-order valence-corrected chi connectivity index (χ1v) is 8.00. The number of amides is 1. The highest BCUT2D eigenvalue weighted by atomic mass is 32.1. The number of primary amides is 1. The number of carbonyl (C=O) groups excluding carboxylic acids is 1. The first-order chi connectivity index (χ1) is 10.7. The lowest BCUT2D eigenvalue weighted by Gasteiger charge is -2.30. The SMILES string of the molecule is NC(=O)C1CCN(c2nsnc2OCc2ccccc2)CC1. The minimum Gasteiger partial charge on any atom is -0.470 e. The lowest BCUT2D eigenvalue weighted by atomic mass is 9.96. The van der Waals surface area contributed by atoms with Gasteiger partial charge in [0, 0.05) is 19.0 Å². The van der Waals surface area contributed by atoms with Crippen molar-refractivity contribution in [2.45, 2.75) is 19.4 Å². The number of rotatable bonds is 5. The number of aromatic nitrogens is 2. The van der Waals surface area contributed by atoms with Crippen LogP contribution in [0.5, 0.6) is 5.88 Å². The molecule has 0 saturated carbocycles. The fourth-order valence-electron chi connectivity index (χ4n) is 2.56. The standard InChI is InChI=1S/C15H18N4O2S/c16-13(20)12-6-8-19(9-7-12)14-15(18-22-17-14)21-10-11-4-2-1-3-5-11/h1-5,12H,6-10H2,(H2,16,20). The van der Waals surface area contributed by atoms with Gasteiger partial charge in [-0.1, -0.05) is 30.3 Å². The number of hydrogen-bond acceptors (Lipinski definition) is 6. The molecular weight excluding hydrogens is 300 g/mol. The van der Waals surface area contributed by atoms with Crippen LogP contribution in [-0.2, 0) is 11.4 Å². The number of benzene rings is 1. The molecule has 22 heavy (non-hydrogen) atoms. The van der Waals surface area contributed by atoms with Crippen molar-refractivity contribution in [3.8, 4) is 5.88 Å². The van der Waals surface area contributed by atoms with Crippen molar-refractivity contribution < 1.29 is 9.53 Å². The van der Waals surface area contributed by atoms with Gasteiger partial charge in [0.25, 0.3) is 5.88 Å². The van der Waals surface area contributed by atoms with E-state index in [-0.39, 0.29) is 11.8 Å². The molecule has 2 aromatic rings. The van der Waals surface area contributed by atoms with E-state index >= 15 is 0 Å². The maximum Gasteiger partial charge on any atom is 0.271 e. The Morgan fingerprint density at radius 1 is 1.27 bits per heavy atom. The molecular formula is C15H18N4O2S. The van der Waals surface area contributed by atoms with E-state index < -0.39 is 0 Å². The van der Waals surface area contributed by atoms with Gasteiger partial charge in [-0.25, -0.2) is 0 Å². The van der Waals surface area contributed by atoms with Crippen LogP contribution in [0.2, 0.25) is 0 Å². The highest BCUT2D eigenvalue weighted by Gasteiger charge is 2.26. The minimum atomic E-state index is -0.211. The van der Waals surface area contributed by atoms with Gasteiger partial charge in [-0.05, 0) is 18.4 Å². The molecule has 3 rings (SSSR count). The molecule has 0 unspecified atom stereocenters. The molecule has 1 aliphatic heterocycles. The average Bonchev–Trinajstić information content (AvgIpc) is 3.02. The molecule has 0 bridgehead atoms. The summed E-state index contributed by atoms with van der Waals surface area (Å²) < 4.78 is 14.4. The van der Waals surface area contributed by atoms with E-state index in [4.69, 9.17) is 10.5 Å². The summed E-state index contributed by atoms with van der Waals surface area (Å²) in [7, 11) is 0. The van der Waals surface area contributed by atoms with Gasteiger partial charge in [0.1, 0.15) is 6.61 Å². The highest BCUT2D eigenvalue weighted by molar-refractivity contribution is 6.99. The molecule has 2 N–H and O–H groups in total. The number of hydrogen-bond donors (Lipinski definition) is 1. The average molecular weight is 318 g/mol. The summed E-state index contributed by atoms with van der Waals surface area (Å²) in [5, 5.41) is 0. The monoisotopic (exact) mass is 318 g/mol. The third kappa shape index (κ3) is 3.36. The number of ether oxygens (including phenoxy) is 1. The van der Waals surface area contributed by atoms with Crippen molar-refractivity contribution in [3.05, 3.63) is 35.9 Å². The normalized spacial score (nSPS) is 15.7. The molecule has 0 atom stereocenters. The van der Waals surface area contributed by atoms with E-state index in [0.717, 1.165) is 49.0 Å². The maximum atomic E-state index is 11.2. The van der Waals surface area contributed by atoms with Crippen LogP contribution < -0.4 is 15.4 Å². The molecule has 1 aromatic carbocycles. The smallest absolute Gasteiger partial charge is 0.271 e. The second-order valence-electron chi connectivity index (χ2n) is 5.33. The lowest BCUT2D eigenvalue weighted by molar-refractivity contribution is -0.122. The zero-order valence-corrected chi connectivity index (χ0v) is 13.0. The van der Waals surface area contributed by atoms with E-state index in [2.05, 4.69) is 13.6 Å². The molecule has 1 aromatic heterocycles. The number of piperidine rings is 1. The quantitative estimate of drug-likeness (QED) is 0.909. The Labute approximate surface area is 133 Å². The Bertz CT molecular complexity index is 623. The van der Waals surface area contributed by atoms with Crippen LogP contribution in [0, 0.1) is 5.92 Å². The molecule has 0 aliphatic carbocycles. The van der Waals surface area contributed by atoms with Crippen LogP contribution in [0.4, 0.5) is 5.82 Å². The summed E-state index contributed by atoms with van der Waals surface area (Å²) in [6.45, 7) is 1.97. The fourth-order valence-corrected chi connectivity index (χ4v) is 3.08. The summed E-state index contributed by atoms with van der Waals surface area (Å²) in [4.78, 5) is 13.3. The van der Waals surface area contributed by atoms with Crippen molar-refractivity contribution in [2.24, 2.45) is 11.7 Å². The second kappa shape index (κ2) is 6.74. The molecule has 0 spiro atoms. The maximum absolute atomic E-state index is 11.2. The molecule has 2 heterocycles. The first kappa shape index (κ1) is 14.8. The third-order valence-electron chi connectivity index (χ3n) is 3.86. The molecule has 0 radical (unpaired) electrons. The lowest BCUT2D eigenvalue weighted by Crippen LogP contribution is -2.38. The van der Waals surface area contributed by atoms with Crippen LogP contribution >= 0.6 is 11.7 Å². The Kier molecular flexibility index (Phi) is 4.53. The number of anilines is 1. The van der Waals surface area contributed by atoms with E-state index in [1.165, 1.54) is 0 Å². The van der Waals surface area contributed by atoms with Crippen LogP contribution in [0.1, 0.15) is 18.4 Å². The zero-order chi connectivity index (χ0) is 15.4. The Balaban J connectivity index is 1.62. The predicted molar refractivity (Wildman–Crippen MR) is 84.8 cm³/mol. The van der Waals surface area contributed by atoms with Crippen molar-refractivity contribution in [3.63, 3.8) is 0 Å². The van der Waals surface area contributed by atoms with Gasteiger partial charge < -0.3 is 15.4 Å². The van der Waals surface area contributed by atoms with Gasteiger partial charge in [-0.15, -0.1) is 4.37 Å². The van der Waals surface area contributed by atoms with Crippen LogP contribution in [0.25, 0.3) is 0 Å². The summed E-state index contributed by atoms with van der Waals surface area (Å²) in [5.41, 5.74) is 6.46. The summed E-state index contributed by atoms with van der Waals surface area (Å²) >= 11 is 1.14. The Morgan fingerprint density at radius 2 is 2.00 bits per heavy atom. The van der Waals surface area contributed by atoms with Crippen LogP contribution in [-0.4, -0.2) is 27.7 Å². The molecule has 116 valence electrons. The first-order valence-electron chi connectivity index (χ1n) is 7.27. The van der Waals surface area contributed by atoms with Gasteiger partial charge in [0.15, 0.2) is 0 Å². The summed E-state index contributed by atoms with van der Waals surface area (Å²) in [5.74, 6) is 1.09. The van der Waals surface area contributed by atoms with Gasteiger partial charge in [0.05, 0.1) is 11.7 Å². The van der Waals surface area contributed by atoms with E-state index in [9.17, 15) is 4.79 Å². The molecule has 1 saturated heterocycles. The molecule has 1 aliphatic rings. The number of nitrogens with zero attached hydrogens (tertiary/aromatic N) is 3. The predicted octanol–water partition coefficient (Wildman–Crippen LogP) is 1.82. The van der Waals surface area contributed by atoms with Crippen molar-refractivity contribution >= 4 is 23.5 Å². The summed E-state index contributed by atoms with van der Waals surface area (Å²) in [6.07, 6.45) is 1.51. The Hall–Kier alpha value is -2.15. The molecule has 6 nitrogen and oxygen atoms in total. The van der Waals surface area contributed by atoms with E-state index in [1.54, 1.807) is 0 Å². The third-order valence-corrected chi connectivity index (χ3v) is 4.36. The van der Waals surface area contributed by atoms with Crippen LogP contribution in [0.15, 0.2) is 30.3 Å². The van der Waals surface area contributed by atoms with Gasteiger partial charge in [-0.2, -0.15) is 4.37 Å². The van der Waals surface area contributed by atoms with E-state index in [0.29, 0.717) is 12.5 Å². The van der Waals surface area contributed by atoms with Crippen LogP contribution in [0.3, 0.4) is 0 Å². The van der Waals surface area contributed by atoms with Crippen molar-refractivity contribution in [1.82, 2.24) is 8.75 Å². The topological polar surface area (TPSA) is 81.3 Å². The molecule has 1 fully saturated rings. The second-order valence-corrected chi connectivity index (χ2v) is 5.86. The highest BCUT2D eigenvalue weighted by Crippen LogP contribution is 2.30. The van der Waals surface area contributed by atoms with Gasteiger partial charge >= 0.3 is 0 Å². The zero-order valence-electron chi connectivity index (χ0n) is 12.1. The molecule has 1 amide bonds. The Morgan fingerprint density at radius 3 is 2.68 bits per heavy atom. The molecule has 7 heteroatoms. The van der Waals surface area contributed by atoms with Gasteiger partial charge in [0.2, 0.25) is 11.7 Å². The largest absolute Gasteiger partial charge is 0.470 e. The number of nitrogens with two attached hydrogens (primary N) is 1. The van der Waals surface area contributed by atoms with Crippen molar-refractivity contribution in [1.29, 1.82) is 0 Å². The van der Waals surface area contributed by atoms with Gasteiger partial charge in [-0.3, -0.25) is 4.79 Å². The minimum absolute atomic E-state index is 0.0310. The number of carbonyl (C=O) groups is 1. The van der Waals surface area contributed by atoms with E-state index in [1.807, 2.05) is 30.3 Å².